The van der Waals surface area contributed by atoms with E-state index in [0.29, 0.717) is 6.54 Å². The molecule has 0 fully saturated rings. The van der Waals surface area contributed by atoms with Crippen molar-refractivity contribution in [2.75, 3.05) is 26.5 Å². The van der Waals surface area contributed by atoms with Crippen LogP contribution in [-0.2, 0) is 13.1 Å². The van der Waals surface area contributed by atoms with Gasteiger partial charge in [-0.25, -0.2) is 0 Å². The van der Waals surface area contributed by atoms with E-state index in [4.69, 9.17) is 4.74 Å². The largest absolute Gasteiger partial charge is 0.495 e. The summed E-state index contributed by atoms with van der Waals surface area (Å²) >= 11 is 1.36. The summed E-state index contributed by atoms with van der Waals surface area (Å²) in [6.07, 6.45) is 0. The predicted molar refractivity (Wildman–Crippen MR) is 77.6 cm³/mol. The Morgan fingerprint density at radius 1 is 1.37 bits per heavy atom. The number of benzene rings is 1. The summed E-state index contributed by atoms with van der Waals surface area (Å²) < 4.78 is 9.21. The molecule has 0 aliphatic rings. The topological polar surface area (TPSA) is 50.3 Å². The van der Waals surface area contributed by atoms with Gasteiger partial charge in [0.05, 0.1) is 25.0 Å². The quantitative estimate of drug-likeness (QED) is 0.878. The van der Waals surface area contributed by atoms with Crippen molar-refractivity contribution >= 4 is 17.2 Å². The number of nitrogens with one attached hydrogen (secondary N) is 1. The van der Waals surface area contributed by atoms with E-state index in [2.05, 4.69) is 46.0 Å². The summed E-state index contributed by atoms with van der Waals surface area (Å²) in [4.78, 5) is 2.13. The van der Waals surface area contributed by atoms with Crippen molar-refractivity contribution in [2.24, 2.45) is 0 Å². The number of hydrogen-bond donors (Lipinski definition) is 1. The Kier molecular flexibility index (Phi) is 4.70. The molecule has 0 radical (unpaired) electrons. The molecule has 0 aliphatic carbocycles. The zero-order chi connectivity index (χ0) is 13.7. The molecule has 0 atom stereocenters. The van der Waals surface area contributed by atoms with Gasteiger partial charge in [-0.05, 0) is 43.3 Å². The average molecular weight is 278 g/mol. The lowest BCUT2D eigenvalue weighted by molar-refractivity contribution is 0.400. The fourth-order valence-electron chi connectivity index (χ4n) is 1.80. The van der Waals surface area contributed by atoms with Crippen LogP contribution in [0.1, 0.15) is 11.3 Å². The molecular weight excluding hydrogens is 260 g/mol. The lowest BCUT2D eigenvalue weighted by Crippen LogP contribution is -2.11. The molecule has 102 valence electrons. The minimum absolute atomic E-state index is 0.651. The molecule has 0 saturated carbocycles. The molecular formula is C13H18N4OS. The highest BCUT2D eigenvalue weighted by Crippen LogP contribution is 2.26. The maximum Gasteiger partial charge on any atom is 0.141 e. The second-order valence-corrected chi connectivity index (χ2v) is 5.13. The van der Waals surface area contributed by atoms with Gasteiger partial charge in [0.1, 0.15) is 5.75 Å². The molecule has 0 amide bonds. The molecule has 0 spiro atoms. The first-order valence-corrected chi connectivity index (χ1v) is 6.84. The van der Waals surface area contributed by atoms with Gasteiger partial charge in [0.25, 0.3) is 0 Å². The average Bonchev–Trinajstić information content (AvgIpc) is 2.89. The molecule has 2 aromatic rings. The highest BCUT2D eigenvalue weighted by Gasteiger charge is 2.06. The Hall–Kier alpha value is -1.66. The molecule has 19 heavy (non-hydrogen) atoms. The third-order valence-electron chi connectivity index (χ3n) is 2.63. The Balaban J connectivity index is 2.11. The number of rotatable bonds is 6. The van der Waals surface area contributed by atoms with Gasteiger partial charge in [-0.1, -0.05) is 10.6 Å². The first-order chi connectivity index (χ1) is 9.19. The summed E-state index contributed by atoms with van der Waals surface area (Å²) in [6, 6.07) is 6.17. The van der Waals surface area contributed by atoms with Gasteiger partial charge in [0.15, 0.2) is 0 Å². The van der Waals surface area contributed by atoms with Crippen LogP contribution in [0.25, 0.3) is 0 Å². The van der Waals surface area contributed by atoms with E-state index in [0.717, 1.165) is 23.7 Å². The lowest BCUT2D eigenvalue weighted by Gasteiger charge is -2.14. The summed E-state index contributed by atoms with van der Waals surface area (Å²) in [6.45, 7) is 1.55. The van der Waals surface area contributed by atoms with E-state index in [1.807, 2.05) is 11.4 Å². The zero-order valence-electron chi connectivity index (χ0n) is 11.4. The van der Waals surface area contributed by atoms with Crippen LogP contribution >= 0.6 is 11.5 Å². The monoisotopic (exact) mass is 278 g/mol. The van der Waals surface area contributed by atoms with Crippen molar-refractivity contribution in [2.45, 2.75) is 13.1 Å². The summed E-state index contributed by atoms with van der Waals surface area (Å²) in [5, 5.41) is 9.29. The SMILES string of the molecule is COc1ccc(CN(C)C)cc1NCc1csnn1. The van der Waals surface area contributed by atoms with Crippen LogP contribution in [0.4, 0.5) is 5.69 Å². The van der Waals surface area contributed by atoms with Gasteiger partial charge < -0.3 is 15.0 Å². The number of anilines is 1. The molecule has 0 aliphatic heterocycles. The molecule has 1 aromatic heterocycles. The molecule has 0 bridgehead atoms. The first-order valence-electron chi connectivity index (χ1n) is 6.00. The number of hydrogen-bond acceptors (Lipinski definition) is 6. The van der Waals surface area contributed by atoms with Crippen LogP contribution in [0.15, 0.2) is 23.6 Å². The fraction of sp³-hybridized carbons (Fsp3) is 0.385. The van der Waals surface area contributed by atoms with Crippen molar-refractivity contribution in [1.29, 1.82) is 0 Å². The van der Waals surface area contributed by atoms with Crippen molar-refractivity contribution < 1.29 is 4.74 Å². The van der Waals surface area contributed by atoms with Gasteiger partial charge in [0.2, 0.25) is 0 Å². The fourth-order valence-corrected chi connectivity index (χ4v) is 2.25. The lowest BCUT2D eigenvalue weighted by atomic mass is 10.1. The number of methoxy groups -OCH3 is 1. The maximum absolute atomic E-state index is 5.37. The van der Waals surface area contributed by atoms with E-state index < -0.39 is 0 Å². The van der Waals surface area contributed by atoms with Crippen LogP contribution in [0.2, 0.25) is 0 Å². The highest BCUT2D eigenvalue weighted by atomic mass is 32.1. The molecule has 0 saturated heterocycles. The van der Waals surface area contributed by atoms with Gasteiger partial charge in [-0.2, -0.15) is 0 Å². The second kappa shape index (κ2) is 6.49. The van der Waals surface area contributed by atoms with Gasteiger partial charge in [-0.3, -0.25) is 0 Å². The number of aromatic nitrogens is 2. The summed E-state index contributed by atoms with van der Waals surface area (Å²) in [5.41, 5.74) is 3.16. The van der Waals surface area contributed by atoms with Crippen molar-refractivity contribution in [1.82, 2.24) is 14.5 Å². The molecule has 1 N–H and O–H groups in total. The molecule has 1 aromatic carbocycles. The standard InChI is InChI=1S/C13H18N4OS/c1-17(2)8-10-4-5-13(18-3)12(6-10)14-7-11-9-19-16-15-11/h4-6,9,14H,7-8H2,1-3H3. The normalized spacial score (nSPS) is 10.7. The Labute approximate surface area is 117 Å². The van der Waals surface area contributed by atoms with Crippen LogP contribution in [0.3, 0.4) is 0 Å². The van der Waals surface area contributed by atoms with E-state index >= 15 is 0 Å². The summed E-state index contributed by atoms with van der Waals surface area (Å²) in [7, 11) is 5.78. The Bertz CT molecular complexity index is 513. The van der Waals surface area contributed by atoms with Crippen molar-refractivity contribution in [3.8, 4) is 5.75 Å². The van der Waals surface area contributed by atoms with Crippen LogP contribution in [0, 0.1) is 0 Å². The van der Waals surface area contributed by atoms with Crippen LogP contribution in [0.5, 0.6) is 5.75 Å². The third-order valence-corrected chi connectivity index (χ3v) is 3.18. The van der Waals surface area contributed by atoms with Crippen LogP contribution in [-0.4, -0.2) is 35.7 Å². The Morgan fingerprint density at radius 3 is 2.84 bits per heavy atom. The molecule has 2 rings (SSSR count). The van der Waals surface area contributed by atoms with E-state index in [9.17, 15) is 0 Å². The van der Waals surface area contributed by atoms with E-state index in [1.54, 1.807) is 7.11 Å². The van der Waals surface area contributed by atoms with E-state index in [-0.39, 0.29) is 0 Å². The van der Waals surface area contributed by atoms with Crippen molar-refractivity contribution in [3.05, 3.63) is 34.8 Å². The molecule has 5 nitrogen and oxygen atoms in total. The number of ether oxygens (including phenoxy) is 1. The third kappa shape index (κ3) is 3.90. The van der Waals surface area contributed by atoms with E-state index in [1.165, 1.54) is 17.1 Å². The highest BCUT2D eigenvalue weighted by molar-refractivity contribution is 7.03. The Morgan fingerprint density at radius 2 is 2.21 bits per heavy atom. The van der Waals surface area contributed by atoms with Gasteiger partial charge in [0, 0.05) is 11.9 Å². The molecule has 6 heteroatoms. The van der Waals surface area contributed by atoms with Gasteiger partial charge >= 0.3 is 0 Å². The molecule has 0 unspecified atom stereocenters. The predicted octanol–water partition coefficient (Wildman–Crippen LogP) is 2.22. The van der Waals surface area contributed by atoms with Gasteiger partial charge in [-0.15, -0.1) is 5.10 Å². The minimum Gasteiger partial charge on any atom is -0.495 e. The summed E-state index contributed by atoms with van der Waals surface area (Å²) in [5.74, 6) is 0.839. The zero-order valence-corrected chi connectivity index (χ0v) is 12.2. The maximum atomic E-state index is 5.37. The smallest absolute Gasteiger partial charge is 0.141 e. The van der Waals surface area contributed by atoms with Crippen LogP contribution < -0.4 is 10.1 Å². The second-order valence-electron chi connectivity index (χ2n) is 4.52. The van der Waals surface area contributed by atoms with Crippen molar-refractivity contribution in [3.63, 3.8) is 0 Å². The first kappa shape index (κ1) is 13.8. The number of nitrogens with zero attached hydrogens (tertiary/aromatic N) is 3. The minimum atomic E-state index is 0.651. The molecule has 1 heterocycles.